The number of para-hydroxylation sites is 2. The molecule has 3 heteroatoms. The summed E-state index contributed by atoms with van der Waals surface area (Å²) in [6.45, 7) is 0. The first-order valence-corrected chi connectivity index (χ1v) is 13.5. The average Bonchev–Trinajstić information content (AvgIpc) is 3.61. The third kappa shape index (κ3) is 3.63. The molecular weight excluding hydrogens is 488 g/mol. The molecule has 3 aromatic heterocycles. The lowest BCUT2D eigenvalue weighted by molar-refractivity contribution is 0.670. The van der Waals surface area contributed by atoms with Crippen LogP contribution < -0.4 is 0 Å². The van der Waals surface area contributed by atoms with E-state index in [-0.39, 0.29) is 0 Å². The van der Waals surface area contributed by atoms with Crippen LogP contribution in [0.25, 0.3) is 72.4 Å². The maximum absolute atomic E-state index is 6.31. The van der Waals surface area contributed by atoms with Gasteiger partial charge in [0.25, 0.3) is 0 Å². The van der Waals surface area contributed by atoms with Gasteiger partial charge in [-0.1, -0.05) is 115 Å². The predicted octanol–water partition coefficient (Wildman–Crippen LogP) is 9.90. The molecule has 0 fully saturated rings. The first-order chi connectivity index (χ1) is 19.8. The second-order valence-corrected chi connectivity index (χ2v) is 10.0. The molecule has 0 saturated carbocycles. The molecule has 0 aliphatic rings. The van der Waals surface area contributed by atoms with Gasteiger partial charge in [0, 0.05) is 33.7 Å². The summed E-state index contributed by atoms with van der Waals surface area (Å²) in [4.78, 5) is 5.01. The minimum absolute atomic E-state index is 0.915. The summed E-state index contributed by atoms with van der Waals surface area (Å²) >= 11 is 0. The number of rotatable bonds is 4. The highest BCUT2D eigenvalue weighted by molar-refractivity contribution is 6.09. The van der Waals surface area contributed by atoms with E-state index in [2.05, 4.69) is 120 Å². The largest absolute Gasteiger partial charge is 0.455 e. The zero-order valence-corrected chi connectivity index (χ0v) is 21.7. The third-order valence-electron chi connectivity index (χ3n) is 7.65. The van der Waals surface area contributed by atoms with Gasteiger partial charge in [-0.15, -0.1) is 0 Å². The number of hydrogen-bond donors (Lipinski definition) is 0. The molecular formula is C37H24N2O. The summed E-state index contributed by atoms with van der Waals surface area (Å²) in [5.41, 5.74) is 11.7. The Balaban J connectivity index is 1.20. The Hall–Kier alpha value is -5.41. The van der Waals surface area contributed by atoms with Crippen LogP contribution in [-0.4, -0.2) is 9.38 Å². The van der Waals surface area contributed by atoms with Crippen LogP contribution in [-0.2, 0) is 0 Å². The normalized spacial score (nSPS) is 11.5. The molecule has 3 nitrogen and oxygen atoms in total. The van der Waals surface area contributed by atoms with Crippen LogP contribution in [0.1, 0.15) is 0 Å². The minimum Gasteiger partial charge on any atom is -0.455 e. The molecule has 0 aliphatic heterocycles. The molecule has 0 aliphatic carbocycles. The molecule has 188 valence electrons. The fraction of sp³-hybridized carbons (Fsp3) is 0. The molecule has 0 atom stereocenters. The van der Waals surface area contributed by atoms with E-state index in [9.17, 15) is 0 Å². The van der Waals surface area contributed by atoms with Crippen LogP contribution in [0.2, 0.25) is 0 Å². The van der Waals surface area contributed by atoms with E-state index in [4.69, 9.17) is 9.40 Å². The van der Waals surface area contributed by atoms with E-state index in [1.54, 1.807) is 0 Å². The van der Waals surface area contributed by atoms with Gasteiger partial charge in [-0.05, 0) is 41.0 Å². The van der Waals surface area contributed by atoms with Gasteiger partial charge in [-0.2, -0.15) is 0 Å². The maximum Gasteiger partial charge on any atom is 0.143 e. The van der Waals surface area contributed by atoms with Crippen molar-refractivity contribution in [3.63, 3.8) is 0 Å². The highest BCUT2D eigenvalue weighted by Crippen LogP contribution is 2.38. The predicted molar refractivity (Wildman–Crippen MR) is 164 cm³/mol. The molecule has 0 N–H and O–H groups in total. The van der Waals surface area contributed by atoms with Crippen molar-refractivity contribution < 1.29 is 4.42 Å². The Kier molecular flexibility index (Phi) is 5.14. The molecule has 0 bridgehead atoms. The molecule has 5 aromatic carbocycles. The van der Waals surface area contributed by atoms with Crippen LogP contribution in [0.4, 0.5) is 0 Å². The Bertz CT molecular complexity index is 2150. The number of aromatic nitrogens is 2. The summed E-state index contributed by atoms with van der Waals surface area (Å²) in [6, 6.07) is 48.6. The molecule has 3 heterocycles. The standard InChI is InChI=1S/C37H24N2O/c1-2-10-27(11-3-1)36-35(38-34-18-6-7-23-39(34)36)26-21-19-25(20-22-26)28-12-8-13-29(24-28)30-15-9-16-32-31-14-4-5-17-33(31)40-37(30)32/h1-24H. The van der Waals surface area contributed by atoms with E-state index in [1.807, 2.05) is 30.3 Å². The third-order valence-corrected chi connectivity index (χ3v) is 7.65. The fourth-order valence-electron chi connectivity index (χ4n) is 5.73. The van der Waals surface area contributed by atoms with Crippen molar-refractivity contribution in [2.75, 3.05) is 0 Å². The van der Waals surface area contributed by atoms with E-state index in [1.165, 1.54) is 0 Å². The van der Waals surface area contributed by atoms with Crippen LogP contribution >= 0.6 is 0 Å². The molecule has 0 saturated heterocycles. The summed E-state index contributed by atoms with van der Waals surface area (Å²) < 4.78 is 8.48. The topological polar surface area (TPSA) is 30.4 Å². The van der Waals surface area contributed by atoms with Gasteiger partial charge in [-0.3, -0.25) is 4.40 Å². The summed E-state index contributed by atoms with van der Waals surface area (Å²) in [5.74, 6) is 0. The highest BCUT2D eigenvalue weighted by atomic mass is 16.3. The molecule has 8 rings (SSSR count). The molecule has 0 amide bonds. The fourth-order valence-corrected chi connectivity index (χ4v) is 5.73. The summed E-state index contributed by atoms with van der Waals surface area (Å²) in [5, 5.41) is 2.29. The van der Waals surface area contributed by atoms with Crippen molar-refractivity contribution >= 4 is 27.6 Å². The van der Waals surface area contributed by atoms with Gasteiger partial charge < -0.3 is 4.42 Å². The van der Waals surface area contributed by atoms with Gasteiger partial charge in [0.15, 0.2) is 0 Å². The summed E-state index contributed by atoms with van der Waals surface area (Å²) in [7, 11) is 0. The Labute approximate surface area is 231 Å². The molecule has 0 unspecified atom stereocenters. The lowest BCUT2D eigenvalue weighted by atomic mass is 9.96. The lowest BCUT2D eigenvalue weighted by Crippen LogP contribution is -1.89. The van der Waals surface area contributed by atoms with Gasteiger partial charge in [0.05, 0.1) is 11.4 Å². The van der Waals surface area contributed by atoms with Crippen molar-refractivity contribution in [2.24, 2.45) is 0 Å². The summed E-state index contributed by atoms with van der Waals surface area (Å²) in [6.07, 6.45) is 2.08. The average molecular weight is 513 g/mol. The van der Waals surface area contributed by atoms with Gasteiger partial charge in [0.1, 0.15) is 16.8 Å². The Morgan fingerprint density at radius 1 is 0.500 bits per heavy atom. The number of benzene rings is 5. The Morgan fingerprint density at radius 3 is 2.10 bits per heavy atom. The van der Waals surface area contributed by atoms with Crippen molar-refractivity contribution in [1.82, 2.24) is 9.38 Å². The van der Waals surface area contributed by atoms with E-state index >= 15 is 0 Å². The first kappa shape index (κ1) is 22.6. The second-order valence-electron chi connectivity index (χ2n) is 10.0. The van der Waals surface area contributed by atoms with E-state index in [0.717, 1.165) is 72.4 Å². The second kappa shape index (κ2) is 9.11. The lowest BCUT2D eigenvalue weighted by Gasteiger charge is -2.09. The quantitative estimate of drug-likeness (QED) is 0.235. The minimum atomic E-state index is 0.915. The number of furan rings is 1. The SMILES string of the molecule is c1ccc(-c2c(-c3ccc(-c4cccc(-c5cccc6c5oc5ccccc56)c4)cc3)nc3ccccn23)cc1. The van der Waals surface area contributed by atoms with Crippen LogP contribution in [0.5, 0.6) is 0 Å². The van der Waals surface area contributed by atoms with Gasteiger partial charge in [-0.25, -0.2) is 4.98 Å². The van der Waals surface area contributed by atoms with E-state index < -0.39 is 0 Å². The molecule has 0 radical (unpaired) electrons. The van der Waals surface area contributed by atoms with Gasteiger partial charge >= 0.3 is 0 Å². The zero-order chi connectivity index (χ0) is 26.5. The monoisotopic (exact) mass is 512 g/mol. The van der Waals surface area contributed by atoms with Gasteiger partial charge in [0.2, 0.25) is 0 Å². The molecule has 40 heavy (non-hydrogen) atoms. The number of pyridine rings is 1. The first-order valence-electron chi connectivity index (χ1n) is 13.5. The molecule has 0 spiro atoms. The van der Waals surface area contributed by atoms with Crippen LogP contribution in [0, 0.1) is 0 Å². The number of fused-ring (bicyclic) bond motifs is 4. The van der Waals surface area contributed by atoms with Crippen molar-refractivity contribution in [3.05, 3.63) is 146 Å². The number of imidazole rings is 1. The number of nitrogens with zero attached hydrogens (tertiary/aromatic N) is 2. The molecule has 8 aromatic rings. The number of hydrogen-bond acceptors (Lipinski definition) is 2. The van der Waals surface area contributed by atoms with Crippen molar-refractivity contribution in [1.29, 1.82) is 0 Å². The van der Waals surface area contributed by atoms with Crippen LogP contribution in [0.3, 0.4) is 0 Å². The smallest absolute Gasteiger partial charge is 0.143 e. The van der Waals surface area contributed by atoms with Crippen molar-refractivity contribution in [2.45, 2.75) is 0 Å². The maximum atomic E-state index is 6.31. The van der Waals surface area contributed by atoms with Crippen LogP contribution in [0.15, 0.2) is 150 Å². The van der Waals surface area contributed by atoms with Crippen molar-refractivity contribution in [3.8, 4) is 44.8 Å². The zero-order valence-electron chi connectivity index (χ0n) is 21.7. The van der Waals surface area contributed by atoms with E-state index in [0.29, 0.717) is 0 Å². The highest BCUT2D eigenvalue weighted by Gasteiger charge is 2.16. The Morgan fingerprint density at radius 2 is 1.20 bits per heavy atom.